The van der Waals surface area contributed by atoms with Gasteiger partial charge in [0.1, 0.15) is 0 Å². The Hall–Kier alpha value is -0.820. The molecule has 0 bridgehead atoms. The molecule has 0 radical (unpaired) electrons. The number of hydrogen-bond acceptors (Lipinski definition) is 1. The van der Waals surface area contributed by atoms with Gasteiger partial charge in [-0.25, -0.2) is 0 Å². The van der Waals surface area contributed by atoms with Gasteiger partial charge in [0.15, 0.2) is 0 Å². The van der Waals surface area contributed by atoms with E-state index in [9.17, 15) is 0 Å². The monoisotopic (exact) mass is 261 g/mol. The van der Waals surface area contributed by atoms with Gasteiger partial charge in [-0.05, 0) is 36.9 Å². The van der Waals surface area contributed by atoms with Crippen molar-refractivity contribution in [2.75, 3.05) is 7.05 Å². The molecule has 108 valence electrons. The molecule has 1 heteroatoms. The number of hydrogen-bond donors (Lipinski definition) is 1. The van der Waals surface area contributed by atoms with Gasteiger partial charge in [0, 0.05) is 6.04 Å². The van der Waals surface area contributed by atoms with Gasteiger partial charge in [-0.2, -0.15) is 0 Å². The summed E-state index contributed by atoms with van der Waals surface area (Å²) in [5.41, 5.74) is 2.90. The van der Waals surface area contributed by atoms with Crippen LogP contribution in [0.25, 0.3) is 0 Å². The Balaban J connectivity index is 2.41. The van der Waals surface area contributed by atoms with Gasteiger partial charge in [0.05, 0.1) is 0 Å². The summed E-state index contributed by atoms with van der Waals surface area (Å²) in [6, 6.07) is 9.78. The SMILES string of the molecule is CCCCCCC(Cc1ccc(C(C)C)cc1)NC. The lowest BCUT2D eigenvalue weighted by Gasteiger charge is -2.16. The Labute approximate surface area is 119 Å². The molecule has 0 heterocycles. The summed E-state index contributed by atoms with van der Waals surface area (Å²) in [6.45, 7) is 6.77. The van der Waals surface area contributed by atoms with Crippen LogP contribution in [-0.2, 0) is 6.42 Å². The maximum absolute atomic E-state index is 3.46. The molecule has 0 spiro atoms. The second kappa shape index (κ2) is 9.14. The smallest absolute Gasteiger partial charge is 0.0104 e. The number of nitrogens with one attached hydrogen (secondary N) is 1. The van der Waals surface area contributed by atoms with E-state index < -0.39 is 0 Å². The summed E-state index contributed by atoms with van der Waals surface area (Å²) in [7, 11) is 2.09. The van der Waals surface area contributed by atoms with Crippen molar-refractivity contribution in [1.29, 1.82) is 0 Å². The van der Waals surface area contributed by atoms with Crippen LogP contribution in [0.4, 0.5) is 0 Å². The van der Waals surface area contributed by atoms with Crippen LogP contribution in [0.3, 0.4) is 0 Å². The van der Waals surface area contributed by atoms with Crippen molar-refractivity contribution in [3.63, 3.8) is 0 Å². The normalized spacial score (nSPS) is 12.9. The molecular formula is C18H31N. The van der Waals surface area contributed by atoms with Crippen molar-refractivity contribution in [2.24, 2.45) is 0 Å². The van der Waals surface area contributed by atoms with Crippen LogP contribution in [0.2, 0.25) is 0 Å². The highest BCUT2D eigenvalue weighted by atomic mass is 14.9. The first kappa shape index (κ1) is 16.2. The predicted octanol–water partition coefficient (Wildman–Crippen LogP) is 4.91. The fourth-order valence-electron chi connectivity index (χ4n) is 2.49. The van der Waals surface area contributed by atoms with Crippen molar-refractivity contribution in [2.45, 2.75) is 71.3 Å². The van der Waals surface area contributed by atoms with E-state index in [0.717, 1.165) is 6.42 Å². The lowest BCUT2D eigenvalue weighted by molar-refractivity contribution is 0.485. The van der Waals surface area contributed by atoms with Gasteiger partial charge < -0.3 is 5.32 Å². The summed E-state index contributed by atoms with van der Waals surface area (Å²) in [5.74, 6) is 0.628. The second-order valence-corrected chi connectivity index (χ2v) is 5.94. The van der Waals surface area contributed by atoms with Crippen molar-refractivity contribution in [1.82, 2.24) is 5.32 Å². The fraction of sp³-hybridized carbons (Fsp3) is 0.667. The van der Waals surface area contributed by atoms with E-state index in [-0.39, 0.29) is 0 Å². The summed E-state index contributed by atoms with van der Waals surface area (Å²) < 4.78 is 0. The second-order valence-electron chi connectivity index (χ2n) is 5.94. The van der Waals surface area contributed by atoms with Crippen LogP contribution in [0, 0.1) is 0 Å². The molecule has 1 nitrogen and oxygen atoms in total. The molecule has 1 rings (SSSR count). The molecule has 0 aliphatic carbocycles. The van der Waals surface area contributed by atoms with Crippen molar-refractivity contribution < 1.29 is 0 Å². The zero-order valence-electron chi connectivity index (χ0n) is 13.2. The maximum Gasteiger partial charge on any atom is 0.0104 e. The van der Waals surface area contributed by atoms with Gasteiger partial charge in [-0.3, -0.25) is 0 Å². The highest BCUT2D eigenvalue weighted by Crippen LogP contribution is 2.16. The first-order valence-corrected chi connectivity index (χ1v) is 7.93. The molecule has 1 unspecified atom stereocenters. The molecule has 1 aromatic rings. The maximum atomic E-state index is 3.46. The van der Waals surface area contributed by atoms with Crippen molar-refractivity contribution in [3.8, 4) is 0 Å². The first-order valence-electron chi connectivity index (χ1n) is 7.93. The highest BCUT2D eigenvalue weighted by Gasteiger charge is 2.07. The van der Waals surface area contributed by atoms with Crippen LogP contribution in [0.15, 0.2) is 24.3 Å². The number of rotatable bonds is 9. The summed E-state index contributed by atoms with van der Waals surface area (Å²) in [4.78, 5) is 0. The minimum atomic E-state index is 0.627. The van der Waals surface area contributed by atoms with Crippen molar-refractivity contribution >= 4 is 0 Å². The number of unbranched alkanes of at least 4 members (excludes halogenated alkanes) is 3. The first-order chi connectivity index (χ1) is 9.17. The Morgan fingerprint density at radius 2 is 1.68 bits per heavy atom. The molecule has 19 heavy (non-hydrogen) atoms. The lowest BCUT2D eigenvalue weighted by Crippen LogP contribution is -2.27. The number of benzene rings is 1. The van der Waals surface area contributed by atoms with E-state index >= 15 is 0 Å². The third-order valence-electron chi connectivity index (χ3n) is 3.94. The third kappa shape index (κ3) is 6.24. The van der Waals surface area contributed by atoms with Gasteiger partial charge in [0.2, 0.25) is 0 Å². The molecule has 0 fully saturated rings. The zero-order chi connectivity index (χ0) is 14.1. The van der Waals surface area contributed by atoms with Crippen LogP contribution < -0.4 is 5.32 Å². The quantitative estimate of drug-likeness (QED) is 0.623. The van der Waals surface area contributed by atoms with E-state index in [2.05, 4.69) is 57.4 Å². The Kier molecular flexibility index (Phi) is 7.81. The minimum Gasteiger partial charge on any atom is -0.317 e. The topological polar surface area (TPSA) is 12.0 Å². The molecule has 0 saturated heterocycles. The van der Waals surface area contributed by atoms with Crippen LogP contribution in [0.1, 0.15) is 69.9 Å². The van der Waals surface area contributed by atoms with Crippen LogP contribution in [0.5, 0.6) is 0 Å². The largest absolute Gasteiger partial charge is 0.317 e. The van der Waals surface area contributed by atoms with Crippen LogP contribution in [-0.4, -0.2) is 13.1 Å². The molecule has 1 aromatic carbocycles. The molecule has 1 N–H and O–H groups in total. The van der Waals surface area contributed by atoms with E-state index in [1.165, 1.54) is 43.2 Å². The van der Waals surface area contributed by atoms with E-state index in [1.807, 2.05) is 0 Å². The Morgan fingerprint density at radius 1 is 1.00 bits per heavy atom. The highest BCUT2D eigenvalue weighted by molar-refractivity contribution is 5.25. The summed E-state index contributed by atoms with van der Waals surface area (Å²) in [5, 5.41) is 3.46. The van der Waals surface area contributed by atoms with Gasteiger partial charge in [-0.1, -0.05) is 70.7 Å². The van der Waals surface area contributed by atoms with E-state index in [4.69, 9.17) is 0 Å². The third-order valence-corrected chi connectivity index (χ3v) is 3.94. The summed E-state index contributed by atoms with van der Waals surface area (Å²) in [6.07, 6.45) is 7.87. The molecule has 1 atom stereocenters. The Bertz CT molecular complexity index is 326. The minimum absolute atomic E-state index is 0.627. The molecule has 0 aliphatic heterocycles. The van der Waals surface area contributed by atoms with Gasteiger partial charge in [0.25, 0.3) is 0 Å². The predicted molar refractivity (Wildman–Crippen MR) is 85.8 cm³/mol. The van der Waals surface area contributed by atoms with E-state index in [0.29, 0.717) is 12.0 Å². The van der Waals surface area contributed by atoms with Crippen molar-refractivity contribution in [3.05, 3.63) is 35.4 Å². The Morgan fingerprint density at radius 3 is 2.21 bits per heavy atom. The lowest BCUT2D eigenvalue weighted by atomic mass is 9.97. The number of likely N-dealkylation sites (N-methyl/N-ethyl adjacent to an activating group) is 1. The van der Waals surface area contributed by atoms with Gasteiger partial charge in [-0.15, -0.1) is 0 Å². The fourth-order valence-corrected chi connectivity index (χ4v) is 2.49. The zero-order valence-corrected chi connectivity index (χ0v) is 13.2. The molecule has 0 aromatic heterocycles. The molecule has 0 saturated carbocycles. The van der Waals surface area contributed by atoms with Crippen LogP contribution >= 0.6 is 0 Å². The molecule has 0 aliphatic rings. The summed E-state index contributed by atoms with van der Waals surface area (Å²) >= 11 is 0. The standard InChI is InChI=1S/C18H31N/c1-5-6-7-8-9-18(19-4)14-16-10-12-17(13-11-16)15(2)3/h10-13,15,18-19H,5-9,14H2,1-4H3. The average Bonchev–Trinajstić information content (AvgIpc) is 2.42. The molecule has 0 amide bonds. The average molecular weight is 261 g/mol. The van der Waals surface area contributed by atoms with E-state index in [1.54, 1.807) is 0 Å². The van der Waals surface area contributed by atoms with Gasteiger partial charge >= 0.3 is 0 Å². The molecular weight excluding hydrogens is 230 g/mol.